The van der Waals surface area contributed by atoms with E-state index in [1.54, 1.807) is 0 Å². The Labute approximate surface area is 52.6 Å². The molecule has 0 unspecified atom stereocenters. The summed E-state index contributed by atoms with van der Waals surface area (Å²) >= 11 is 0. The van der Waals surface area contributed by atoms with Crippen LogP contribution in [0.5, 0.6) is 0 Å². The second kappa shape index (κ2) is 2.59. The smallest absolute Gasteiger partial charge is 0.228 e. The molecule has 9 heavy (non-hydrogen) atoms. The van der Waals surface area contributed by atoms with Crippen LogP contribution in [0.2, 0.25) is 0 Å². The number of nitrogens with one attached hydrogen (secondary N) is 2. The largest absolute Gasteiger partial charge is 0.343 e. The lowest BCUT2D eigenvalue weighted by Crippen LogP contribution is -2.29. The maximum absolute atomic E-state index is 10.6. The second-order valence-electron chi connectivity index (χ2n) is 1.92. The van der Waals surface area contributed by atoms with E-state index in [0.29, 0.717) is 13.2 Å². The van der Waals surface area contributed by atoms with Gasteiger partial charge < -0.3 is 5.32 Å². The van der Waals surface area contributed by atoms with Crippen molar-refractivity contribution in [3.05, 3.63) is 0 Å². The maximum atomic E-state index is 10.6. The average molecular weight is 128 g/mol. The van der Waals surface area contributed by atoms with E-state index < -0.39 is 0 Å². The highest BCUT2D eigenvalue weighted by molar-refractivity contribution is 5.99. The highest BCUT2D eigenvalue weighted by Crippen LogP contribution is 1.84. The third-order valence-corrected chi connectivity index (χ3v) is 1.09. The Morgan fingerprint density at radius 3 is 2.89 bits per heavy atom. The summed E-state index contributed by atoms with van der Waals surface area (Å²) in [6.07, 6.45) is 0.0208. The highest BCUT2D eigenvalue weighted by atomic mass is 16.2. The molecule has 0 aromatic heterocycles. The highest BCUT2D eigenvalue weighted by Gasteiger charge is 2.11. The van der Waals surface area contributed by atoms with Gasteiger partial charge in [-0.05, 0) is 0 Å². The van der Waals surface area contributed by atoms with Crippen LogP contribution in [-0.4, -0.2) is 24.9 Å². The van der Waals surface area contributed by atoms with Crippen molar-refractivity contribution >= 4 is 11.7 Å². The van der Waals surface area contributed by atoms with Gasteiger partial charge in [0.15, 0.2) is 5.78 Å². The molecule has 0 aromatic rings. The lowest BCUT2D eigenvalue weighted by atomic mass is 10.3. The van der Waals surface area contributed by atoms with Crippen LogP contribution in [0.4, 0.5) is 0 Å². The first-order valence-corrected chi connectivity index (χ1v) is 2.78. The Morgan fingerprint density at radius 2 is 2.11 bits per heavy atom. The molecule has 1 heterocycles. The number of carbonyl (C=O) groups is 2. The van der Waals surface area contributed by atoms with Gasteiger partial charge in [-0.1, -0.05) is 0 Å². The fourth-order valence-electron chi connectivity index (χ4n) is 0.667. The van der Waals surface area contributed by atoms with E-state index in [0.717, 1.165) is 0 Å². The van der Waals surface area contributed by atoms with Crippen molar-refractivity contribution in [1.29, 1.82) is 0 Å². The molecule has 50 valence electrons. The molecular weight excluding hydrogens is 120 g/mol. The first-order valence-electron chi connectivity index (χ1n) is 2.78. The van der Waals surface area contributed by atoms with Gasteiger partial charge in [-0.15, -0.1) is 0 Å². The SMILES string of the molecule is O=C1CNCNC(=O)C1. The van der Waals surface area contributed by atoms with Crippen molar-refractivity contribution in [2.24, 2.45) is 0 Å². The van der Waals surface area contributed by atoms with Gasteiger partial charge in [0, 0.05) is 0 Å². The number of hydrogen-bond donors (Lipinski definition) is 2. The summed E-state index contributed by atoms with van der Waals surface area (Å²) in [6, 6.07) is 0. The van der Waals surface area contributed by atoms with Gasteiger partial charge in [-0.3, -0.25) is 14.9 Å². The molecule has 1 saturated heterocycles. The molecule has 0 atom stereocenters. The quantitative estimate of drug-likeness (QED) is 0.395. The molecule has 0 aliphatic carbocycles. The maximum Gasteiger partial charge on any atom is 0.228 e. The number of amides is 1. The van der Waals surface area contributed by atoms with Crippen LogP contribution in [0, 0.1) is 0 Å². The predicted octanol–water partition coefficient (Wildman–Crippen LogP) is -1.38. The minimum absolute atomic E-state index is 0.0208. The van der Waals surface area contributed by atoms with Gasteiger partial charge in [0.25, 0.3) is 0 Å². The van der Waals surface area contributed by atoms with Crippen LogP contribution < -0.4 is 10.6 Å². The normalized spacial score (nSPS) is 20.9. The minimum Gasteiger partial charge on any atom is -0.343 e. The van der Waals surface area contributed by atoms with E-state index in [-0.39, 0.29) is 18.1 Å². The van der Waals surface area contributed by atoms with E-state index in [1.807, 2.05) is 0 Å². The van der Waals surface area contributed by atoms with Gasteiger partial charge in [-0.25, -0.2) is 0 Å². The van der Waals surface area contributed by atoms with E-state index in [9.17, 15) is 9.59 Å². The zero-order chi connectivity index (χ0) is 6.69. The fraction of sp³-hybridized carbons (Fsp3) is 0.600. The van der Waals surface area contributed by atoms with Crippen molar-refractivity contribution < 1.29 is 9.59 Å². The topological polar surface area (TPSA) is 58.2 Å². The molecule has 1 aliphatic heterocycles. The third kappa shape index (κ3) is 1.81. The first-order chi connectivity index (χ1) is 4.29. The molecule has 0 spiro atoms. The van der Waals surface area contributed by atoms with Crippen LogP contribution in [-0.2, 0) is 9.59 Å². The van der Waals surface area contributed by atoms with Gasteiger partial charge in [0.05, 0.1) is 19.6 Å². The van der Waals surface area contributed by atoms with Crippen LogP contribution >= 0.6 is 0 Å². The van der Waals surface area contributed by atoms with E-state index in [1.165, 1.54) is 0 Å². The van der Waals surface area contributed by atoms with Gasteiger partial charge >= 0.3 is 0 Å². The lowest BCUT2D eigenvalue weighted by Gasteiger charge is -1.94. The predicted molar refractivity (Wildman–Crippen MR) is 30.6 cm³/mol. The summed E-state index contributed by atoms with van der Waals surface area (Å²) in [4.78, 5) is 21.1. The van der Waals surface area contributed by atoms with Crippen LogP contribution in [0.1, 0.15) is 6.42 Å². The molecule has 4 nitrogen and oxygen atoms in total. The summed E-state index contributed by atoms with van der Waals surface area (Å²) in [7, 11) is 0. The zero-order valence-corrected chi connectivity index (χ0v) is 4.94. The summed E-state index contributed by atoms with van der Waals surface area (Å²) in [5, 5.41) is 5.25. The van der Waals surface area contributed by atoms with Crippen molar-refractivity contribution in [1.82, 2.24) is 10.6 Å². The Kier molecular flexibility index (Phi) is 1.79. The molecule has 0 aromatic carbocycles. The molecule has 0 bridgehead atoms. The van der Waals surface area contributed by atoms with Gasteiger partial charge in [0.2, 0.25) is 5.91 Å². The molecular formula is C5H8N2O2. The number of carbonyl (C=O) groups excluding carboxylic acids is 2. The number of rotatable bonds is 0. The van der Waals surface area contributed by atoms with Crippen LogP contribution in [0.25, 0.3) is 0 Å². The van der Waals surface area contributed by atoms with Crippen molar-refractivity contribution in [3.63, 3.8) is 0 Å². The van der Waals surface area contributed by atoms with E-state index in [4.69, 9.17) is 0 Å². The summed E-state index contributed by atoms with van der Waals surface area (Å²) in [5.74, 6) is -0.241. The van der Waals surface area contributed by atoms with Gasteiger partial charge in [-0.2, -0.15) is 0 Å². The fourth-order valence-corrected chi connectivity index (χ4v) is 0.667. The molecule has 0 saturated carbocycles. The Balaban J connectivity index is 2.47. The standard InChI is InChI=1S/C5H8N2O2/c8-4-1-5(9)7-3-6-2-4/h6H,1-3H2,(H,7,9). The second-order valence-corrected chi connectivity index (χ2v) is 1.92. The first kappa shape index (κ1) is 6.22. The van der Waals surface area contributed by atoms with Gasteiger partial charge in [0.1, 0.15) is 0 Å². The minimum atomic E-state index is -0.190. The van der Waals surface area contributed by atoms with Crippen LogP contribution in [0.3, 0.4) is 0 Å². The lowest BCUT2D eigenvalue weighted by molar-refractivity contribution is -0.126. The Hall–Kier alpha value is -0.900. The number of ketones is 1. The summed E-state index contributed by atoms with van der Waals surface area (Å²) < 4.78 is 0. The average Bonchev–Trinajstić information content (AvgIpc) is 1.93. The molecule has 1 amide bonds. The Morgan fingerprint density at radius 1 is 1.33 bits per heavy atom. The molecule has 1 aliphatic rings. The van der Waals surface area contributed by atoms with Crippen molar-refractivity contribution in [2.45, 2.75) is 6.42 Å². The zero-order valence-electron chi connectivity index (χ0n) is 4.94. The number of hydrogen-bond acceptors (Lipinski definition) is 3. The Bertz CT molecular complexity index is 128. The van der Waals surface area contributed by atoms with Crippen molar-refractivity contribution in [2.75, 3.05) is 13.2 Å². The summed E-state index contributed by atoms with van der Waals surface area (Å²) in [5.41, 5.74) is 0. The van der Waals surface area contributed by atoms with E-state index >= 15 is 0 Å². The van der Waals surface area contributed by atoms with Crippen LogP contribution in [0.15, 0.2) is 0 Å². The van der Waals surface area contributed by atoms with E-state index in [2.05, 4.69) is 10.6 Å². The number of Topliss-reactive ketones (excluding diaryl/α,β-unsaturated/α-hetero) is 1. The molecule has 1 rings (SSSR count). The molecule has 0 radical (unpaired) electrons. The summed E-state index contributed by atoms with van der Waals surface area (Å²) in [6.45, 7) is 0.712. The molecule has 2 N–H and O–H groups in total. The molecule has 1 fully saturated rings. The third-order valence-electron chi connectivity index (χ3n) is 1.09. The molecule has 4 heteroatoms. The monoisotopic (exact) mass is 128 g/mol. The van der Waals surface area contributed by atoms with Crippen molar-refractivity contribution in [3.8, 4) is 0 Å².